The molecule has 0 spiro atoms. The molecule has 0 radical (unpaired) electrons. The number of nitrogens with zero attached hydrogens (tertiary/aromatic N) is 4. The zero-order valence-corrected chi connectivity index (χ0v) is 27.1. The van der Waals surface area contributed by atoms with Crippen LogP contribution in [0, 0.1) is 0 Å². The Morgan fingerprint density at radius 3 is 2.57 bits per heavy atom. The maximum absolute atomic E-state index is 14.0. The van der Waals surface area contributed by atoms with Gasteiger partial charge >= 0.3 is 0 Å². The first-order valence-electron chi connectivity index (χ1n) is 14.8. The molecule has 0 atom stereocenters. The van der Waals surface area contributed by atoms with Crippen LogP contribution in [0.5, 0.6) is 5.75 Å². The first-order valence-corrected chi connectivity index (χ1v) is 17.1. The lowest BCUT2D eigenvalue weighted by Crippen LogP contribution is -2.39. The van der Waals surface area contributed by atoms with Gasteiger partial charge in [-0.15, -0.1) is 12.4 Å². The second kappa shape index (κ2) is 14.3. The van der Waals surface area contributed by atoms with Crippen LogP contribution >= 0.6 is 23.7 Å². The zero-order valence-electron chi connectivity index (χ0n) is 24.7. The van der Waals surface area contributed by atoms with Gasteiger partial charge in [0.05, 0.1) is 35.1 Å². The standard InChI is InChI=1S/C32H36N4O5S2.ClH/c1-2-41-28-11-5-12-29-30(28)33-32(42-29)35(18-7-17-34-20-22-40-23-21-34)31(37)25-13-15-26(16-14-25)43(38,39)36-19-6-9-24-8-3-4-10-27(24)36;/h3-5,8,10-16H,2,6-7,9,17-23H2,1H3;1H. The molecular weight excluding hydrogens is 620 g/mol. The number of anilines is 2. The van der Waals surface area contributed by atoms with E-state index in [-0.39, 0.29) is 23.2 Å². The summed E-state index contributed by atoms with van der Waals surface area (Å²) in [6.07, 6.45) is 2.38. The van der Waals surface area contributed by atoms with Gasteiger partial charge in [-0.05, 0) is 74.2 Å². The molecule has 0 unspecified atom stereocenters. The first-order chi connectivity index (χ1) is 21.0. The lowest BCUT2D eigenvalue weighted by Gasteiger charge is -2.30. The molecule has 12 heteroatoms. The van der Waals surface area contributed by atoms with Crippen molar-refractivity contribution in [3.05, 3.63) is 77.9 Å². The topological polar surface area (TPSA) is 92.3 Å². The quantitative estimate of drug-likeness (QED) is 0.219. The molecule has 3 heterocycles. The summed E-state index contributed by atoms with van der Waals surface area (Å²) in [7, 11) is -3.78. The number of aryl methyl sites for hydroxylation is 1. The predicted octanol–water partition coefficient (Wildman–Crippen LogP) is 5.63. The van der Waals surface area contributed by atoms with E-state index in [1.807, 2.05) is 49.4 Å². The molecule has 0 bridgehead atoms. The number of rotatable bonds is 10. The van der Waals surface area contributed by atoms with Gasteiger partial charge in [-0.1, -0.05) is 35.6 Å². The summed E-state index contributed by atoms with van der Waals surface area (Å²) in [6, 6.07) is 19.7. The summed E-state index contributed by atoms with van der Waals surface area (Å²) < 4.78 is 41.0. The van der Waals surface area contributed by atoms with Gasteiger partial charge in [-0.2, -0.15) is 0 Å². The largest absolute Gasteiger partial charge is 0.492 e. The van der Waals surface area contributed by atoms with Gasteiger partial charge in [0.1, 0.15) is 11.3 Å². The number of thiazole rings is 1. The maximum atomic E-state index is 14.0. The lowest BCUT2D eigenvalue weighted by molar-refractivity contribution is 0.0376. The Balaban J connectivity index is 0.00000384. The van der Waals surface area contributed by atoms with Gasteiger partial charge < -0.3 is 9.47 Å². The Labute approximate surface area is 268 Å². The highest BCUT2D eigenvalue weighted by atomic mass is 35.5. The number of amides is 1. The Hall–Kier alpha value is -3.22. The minimum Gasteiger partial charge on any atom is -0.492 e. The average molecular weight is 657 g/mol. The van der Waals surface area contributed by atoms with Crippen LogP contribution in [0.25, 0.3) is 10.2 Å². The van der Waals surface area contributed by atoms with E-state index < -0.39 is 10.0 Å². The second-order valence-electron chi connectivity index (χ2n) is 10.6. The van der Waals surface area contributed by atoms with E-state index in [0.29, 0.717) is 36.1 Å². The van der Waals surface area contributed by atoms with Crippen molar-refractivity contribution < 1.29 is 22.7 Å². The van der Waals surface area contributed by atoms with E-state index in [1.165, 1.54) is 27.8 Å². The van der Waals surface area contributed by atoms with Gasteiger partial charge in [-0.3, -0.25) is 18.9 Å². The number of morpholine rings is 1. The summed E-state index contributed by atoms with van der Waals surface area (Å²) in [4.78, 5) is 23.1. The molecule has 1 aromatic heterocycles. The molecule has 1 amide bonds. The fraction of sp³-hybridized carbons (Fsp3) is 0.375. The Bertz CT molecular complexity index is 1690. The molecule has 0 saturated carbocycles. The fourth-order valence-corrected chi connectivity index (χ4v) is 8.21. The Kier molecular flexibility index (Phi) is 10.4. The number of sulfonamides is 1. The third kappa shape index (κ3) is 6.72. The van der Waals surface area contributed by atoms with Gasteiger partial charge in [-0.25, -0.2) is 13.4 Å². The summed E-state index contributed by atoms with van der Waals surface area (Å²) in [6.45, 7) is 7.40. The normalized spacial score (nSPS) is 15.4. The van der Waals surface area contributed by atoms with Crippen molar-refractivity contribution in [3.63, 3.8) is 0 Å². The SMILES string of the molecule is CCOc1cccc2sc(N(CCCN3CCOCC3)C(=O)c3ccc(S(=O)(=O)N4CCCc5ccccc54)cc3)nc12.Cl. The Morgan fingerprint density at radius 1 is 1.02 bits per heavy atom. The van der Waals surface area contributed by atoms with E-state index in [0.717, 1.165) is 73.6 Å². The van der Waals surface area contributed by atoms with E-state index in [1.54, 1.807) is 17.0 Å². The number of ether oxygens (including phenoxy) is 2. The van der Waals surface area contributed by atoms with Crippen LogP contribution in [0.1, 0.15) is 35.7 Å². The summed E-state index contributed by atoms with van der Waals surface area (Å²) >= 11 is 1.45. The second-order valence-corrected chi connectivity index (χ2v) is 13.5. The third-order valence-corrected chi connectivity index (χ3v) is 10.7. The molecule has 6 rings (SSSR count). The molecule has 44 heavy (non-hydrogen) atoms. The van der Waals surface area contributed by atoms with Gasteiger partial charge in [0, 0.05) is 38.3 Å². The predicted molar refractivity (Wildman–Crippen MR) is 177 cm³/mol. The lowest BCUT2D eigenvalue weighted by atomic mass is 10.0. The van der Waals surface area contributed by atoms with Crippen LogP contribution in [0.2, 0.25) is 0 Å². The molecule has 3 aromatic carbocycles. The summed E-state index contributed by atoms with van der Waals surface area (Å²) in [5, 5.41) is 0.593. The number of benzene rings is 3. The van der Waals surface area contributed by atoms with E-state index >= 15 is 0 Å². The van der Waals surface area contributed by atoms with Crippen molar-refractivity contribution in [2.24, 2.45) is 0 Å². The van der Waals surface area contributed by atoms with Crippen molar-refractivity contribution in [2.75, 3.05) is 61.7 Å². The van der Waals surface area contributed by atoms with Crippen LogP contribution in [-0.4, -0.2) is 76.8 Å². The number of hydrogen-bond donors (Lipinski definition) is 0. The van der Waals surface area contributed by atoms with Crippen molar-refractivity contribution in [2.45, 2.75) is 31.1 Å². The third-order valence-electron chi connectivity index (χ3n) is 7.86. The Morgan fingerprint density at radius 2 is 1.80 bits per heavy atom. The van der Waals surface area contributed by atoms with Crippen LogP contribution in [-0.2, 0) is 21.2 Å². The molecule has 2 aliphatic rings. The van der Waals surface area contributed by atoms with Crippen LogP contribution < -0.4 is 13.9 Å². The number of carbonyl (C=O) groups excluding carboxylic acids is 1. The smallest absolute Gasteiger partial charge is 0.264 e. The molecule has 2 aliphatic heterocycles. The van der Waals surface area contributed by atoms with Crippen LogP contribution in [0.15, 0.2) is 71.6 Å². The number of fused-ring (bicyclic) bond motifs is 2. The van der Waals surface area contributed by atoms with Crippen molar-refractivity contribution in [1.29, 1.82) is 0 Å². The van der Waals surface area contributed by atoms with E-state index in [4.69, 9.17) is 14.5 Å². The molecule has 0 aliphatic carbocycles. The summed E-state index contributed by atoms with van der Waals surface area (Å²) in [5.41, 5.74) is 2.90. The number of para-hydroxylation sites is 2. The summed E-state index contributed by atoms with van der Waals surface area (Å²) in [5.74, 6) is 0.475. The van der Waals surface area contributed by atoms with E-state index in [9.17, 15) is 13.2 Å². The fourth-order valence-electron chi connectivity index (χ4n) is 5.66. The molecule has 4 aromatic rings. The van der Waals surface area contributed by atoms with Gasteiger partial charge in [0.15, 0.2) is 5.13 Å². The molecule has 9 nitrogen and oxygen atoms in total. The first kappa shape index (κ1) is 32.2. The number of halogens is 1. The number of hydrogen-bond acceptors (Lipinski definition) is 8. The van der Waals surface area contributed by atoms with Crippen LogP contribution in [0.3, 0.4) is 0 Å². The molecular formula is C32H37ClN4O5S2. The van der Waals surface area contributed by atoms with Crippen molar-refractivity contribution >= 4 is 60.7 Å². The molecule has 1 fully saturated rings. The zero-order chi connectivity index (χ0) is 29.8. The number of aromatic nitrogens is 1. The highest BCUT2D eigenvalue weighted by molar-refractivity contribution is 7.92. The number of carbonyl (C=O) groups is 1. The van der Waals surface area contributed by atoms with E-state index in [2.05, 4.69) is 4.90 Å². The average Bonchev–Trinajstić information content (AvgIpc) is 3.48. The highest BCUT2D eigenvalue weighted by Crippen LogP contribution is 2.35. The minimum absolute atomic E-state index is 0. The highest BCUT2D eigenvalue weighted by Gasteiger charge is 2.30. The maximum Gasteiger partial charge on any atom is 0.264 e. The van der Waals surface area contributed by atoms with Crippen molar-refractivity contribution in [1.82, 2.24) is 9.88 Å². The van der Waals surface area contributed by atoms with Gasteiger partial charge in [0.2, 0.25) is 0 Å². The van der Waals surface area contributed by atoms with Gasteiger partial charge in [0.25, 0.3) is 15.9 Å². The minimum atomic E-state index is -3.78. The van der Waals surface area contributed by atoms with Crippen molar-refractivity contribution in [3.8, 4) is 5.75 Å². The van der Waals surface area contributed by atoms with Crippen LogP contribution in [0.4, 0.5) is 10.8 Å². The molecule has 1 saturated heterocycles. The monoisotopic (exact) mass is 656 g/mol. The molecule has 0 N–H and O–H groups in total. The molecule has 234 valence electrons.